The molecule has 0 atom stereocenters. The van der Waals surface area contributed by atoms with Crippen molar-refractivity contribution in [1.29, 1.82) is 0 Å². The van der Waals surface area contributed by atoms with Gasteiger partial charge in [-0.15, -0.1) is 0 Å². The number of rotatable bonds is 5. The number of likely N-dealkylation sites (tertiary alicyclic amines) is 1. The zero-order chi connectivity index (χ0) is 16.7. The first-order valence-electron chi connectivity index (χ1n) is 8.39. The van der Waals surface area contributed by atoms with Crippen molar-refractivity contribution in [1.82, 2.24) is 10.2 Å². The fraction of sp³-hybridized carbons (Fsp3) is 0.812. The molecule has 0 saturated carbocycles. The van der Waals surface area contributed by atoms with Crippen molar-refractivity contribution in [3.05, 3.63) is 0 Å². The molecule has 2 aliphatic heterocycles. The lowest BCUT2D eigenvalue weighted by molar-refractivity contribution is -0.142. The quantitative estimate of drug-likeness (QED) is 0.783. The molecule has 0 bridgehead atoms. The van der Waals surface area contributed by atoms with Crippen molar-refractivity contribution >= 4 is 17.8 Å². The van der Waals surface area contributed by atoms with E-state index in [0.29, 0.717) is 39.0 Å². The molecule has 2 saturated heterocycles. The van der Waals surface area contributed by atoms with Gasteiger partial charge in [-0.2, -0.15) is 0 Å². The molecule has 2 rings (SSSR count). The molecular weight excluding hydrogens is 300 g/mol. The summed E-state index contributed by atoms with van der Waals surface area (Å²) >= 11 is 0. The van der Waals surface area contributed by atoms with Crippen molar-refractivity contribution in [2.45, 2.75) is 56.9 Å². The lowest BCUT2D eigenvalue weighted by atomic mass is 9.86. The van der Waals surface area contributed by atoms with Gasteiger partial charge in [-0.05, 0) is 25.7 Å². The molecule has 2 amide bonds. The third-order valence-corrected chi connectivity index (χ3v) is 4.60. The number of nitrogens with one attached hydrogen (secondary N) is 1. The first-order chi connectivity index (χ1) is 11.0. The van der Waals surface area contributed by atoms with Crippen LogP contribution in [0.25, 0.3) is 0 Å². The number of carbonyl (C=O) groups is 3. The third kappa shape index (κ3) is 5.49. The molecule has 2 N–H and O–H groups in total. The Kier molecular flexibility index (Phi) is 6.38. The van der Waals surface area contributed by atoms with Crippen LogP contribution in [-0.4, -0.2) is 59.6 Å². The smallest absolute Gasteiger partial charge is 0.305 e. The molecular formula is C16H26N2O5. The van der Waals surface area contributed by atoms with E-state index in [2.05, 4.69) is 5.32 Å². The van der Waals surface area contributed by atoms with E-state index in [1.165, 1.54) is 0 Å². The monoisotopic (exact) mass is 326 g/mol. The molecule has 2 aliphatic rings. The molecule has 0 spiro atoms. The lowest BCUT2D eigenvalue weighted by Gasteiger charge is -2.37. The molecule has 0 unspecified atom stereocenters. The van der Waals surface area contributed by atoms with Crippen molar-refractivity contribution in [3.63, 3.8) is 0 Å². The maximum absolute atomic E-state index is 12.4. The topological polar surface area (TPSA) is 95.9 Å². The Morgan fingerprint density at radius 2 is 1.87 bits per heavy atom. The van der Waals surface area contributed by atoms with Crippen LogP contribution in [-0.2, 0) is 19.1 Å². The summed E-state index contributed by atoms with van der Waals surface area (Å²) in [4.78, 5) is 37.2. The largest absolute Gasteiger partial charge is 0.481 e. The Balaban J connectivity index is 1.94. The predicted octanol–water partition coefficient (Wildman–Crippen LogP) is 0.919. The summed E-state index contributed by atoms with van der Waals surface area (Å²) in [5.74, 6) is -1.20. The second kappa shape index (κ2) is 8.29. The van der Waals surface area contributed by atoms with E-state index in [1.54, 1.807) is 4.90 Å². The zero-order valence-electron chi connectivity index (χ0n) is 13.5. The molecule has 0 aliphatic carbocycles. The van der Waals surface area contributed by atoms with E-state index in [1.807, 2.05) is 0 Å². The number of hydrogen-bond acceptors (Lipinski definition) is 4. The van der Waals surface area contributed by atoms with Crippen LogP contribution in [0.2, 0.25) is 0 Å². The van der Waals surface area contributed by atoms with Gasteiger partial charge in [0.15, 0.2) is 0 Å². The zero-order valence-corrected chi connectivity index (χ0v) is 13.5. The Labute approximate surface area is 136 Å². The highest BCUT2D eigenvalue weighted by atomic mass is 16.5. The van der Waals surface area contributed by atoms with Crippen LogP contribution in [0, 0.1) is 0 Å². The molecule has 7 nitrogen and oxygen atoms in total. The summed E-state index contributed by atoms with van der Waals surface area (Å²) in [7, 11) is 0. The van der Waals surface area contributed by atoms with Crippen LogP contribution in [0.3, 0.4) is 0 Å². The van der Waals surface area contributed by atoms with Crippen molar-refractivity contribution in [3.8, 4) is 0 Å². The van der Waals surface area contributed by atoms with Crippen LogP contribution in [0.5, 0.6) is 0 Å². The lowest BCUT2D eigenvalue weighted by Crippen LogP contribution is -2.55. The van der Waals surface area contributed by atoms with Gasteiger partial charge in [-0.25, -0.2) is 0 Å². The second-order valence-electron chi connectivity index (χ2n) is 6.49. The van der Waals surface area contributed by atoms with Gasteiger partial charge in [0.1, 0.15) is 0 Å². The van der Waals surface area contributed by atoms with E-state index >= 15 is 0 Å². The number of ether oxygens (including phenoxy) is 1. The minimum atomic E-state index is -0.936. The minimum absolute atomic E-state index is 0.0131. The Bertz CT molecular complexity index is 446. The molecule has 7 heteroatoms. The van der Waals surface area contributed by atoms with Gasteiger partial charge in [0.05, 0.1) is 18.5 Å². The number of amides is 2. The highest BCUT2D eigenvalue weighted by molar-refractivity contribution is 5.85. The van der Waals surface area contributed by atoms with Crippen LogP contribution in [0.1, 0.15) is 51.4 Å². The summed E-state index contributed by atoms with van der Waals surface area (Å²) in [5.41, 5.74) is -0.757. The summed E-state index contributed by atoms with van der Waals surface area (Å²) < 4.78 is 5.28. The Morgan fingerprint density at radius 1 is 1.17 bits per heavy atom. The van der Waals surface area contributed by atoms with Crippen LogP contribution in [0.4, 0.5) is 0 Å². The van der Waals surface area contributed by atoms with Gasteiger partial charge >= 0.3 is 5.97 Å². The first kappa shape index (κ1) is 17.7. The standard InChI is InChI=1S/C16H26N2O5/c19-13(12-18-8-4-2-1-3-5-14(18)20)17-16(11-15(21)22)6-9-23-10-7-16/h1-12H2,(H,17,19)(H,21,22). The molecule has 0 aromatic carbocycles. The number of hydrogen-bond donors (Lipinski definition) is 2. The molecule has 23 heavy (non-hydrogen) atoms. The highest BCUT2D eigenvalue weighted by Gasteiger charge is 2.36. The fourth-order valence-electron chi connectivity index (χ4n) is 3.29. The number of carboxylic acid groups (broad SMARTS) is 1. The van der Waals surface area contributed by atoms with E-state index in [-0.39, 0.29) is 24.8 Å². The number of aliphatic carboxylic acids is 1. The van der Waals surface area contributed by atoms with Crippen molar-refractivity contribution in [2.24, 2.45) is 0 Å². The normalized spacial score (nSPS) is 22.1. The van der Waals surface area contributed by atoms with Gasteiger partial charge in [0.25, 0.3) is 0 Å². The number of nitrogens with zero attached hydrogens (tertiary/aromatic N) is 1. The van der Waals surface area contributed by atoms with E-state index in [4.69, 9.17) is 9.84 Å². The first-order valence-corrected chi connectivity index (χ1v) is 8.39. The molecule has 2 heterocycles. The Hall–Kier alpha value is -1.63. The summed E-state index contributed by atoms with van der Waals surface area (Å²) in [6.07, 6.45) is 5.26. The van der Waals surface area contributed by atoms with Crippen LogP contribution >= 0.6 is 0 Å². The summed E-state index contributed by atoms with van der Waals surface area (Å²) in [6, 6.07) is 0. The number of carboxylic acids is 1. The van der Waals surface area contributed by atoms with E-state index in [0.717, 1.165) is 25.7 Å². The minimum Gasteiger partial charge on any atom is -0.481 e. The SMILES string of the molecule is O=C(O)CC1(NC(=O)CN2CCCCCCC2=O)CCOCC1. The molecule has 0 radical (unpaired) electrons. The maximum atomic E-state index is 12.4. The predicted molar refractivity (Wildman–Crippen MR) is 82.8 cm³/mol. The van der Waals surface area contributed by atoms with Gasteiger partial charge in [0, 0.05) is 26.2 Å². The molecule has 2 fully saturated rings. The van der Waals surface area contributed by atoms with E-state index in [9.17, 15) is 14.4 Å². The van der Waals surface area contributed by atoms with Crippen molar-refractivity contribution in [2.75, 3.05) is 26.3 Å². The van der Waals surface area contributed by atoms with Gasteiger partial charge in [-0.1, -0.05) is 12.8 Å². The van der Waals surface area contributed by atoms with Crippen LogP contribution in [0.15, 0.2) is 0 Å². The average molecular weight is 326 g/mol. The van der Waals surface area contributed by atoms with Crippen LogP contribution < -0.4 is 5.32 Å². The fourth-order valence-corrected chi connectivity index (χ4v) is 3.29. The highest BCUT2D eigenvalue weighted by Crippen LogP contribution is 2.24. The maximum Gasteiger partial charge on any atom is 0.305 e. The van der Waals surface area contributed by atoms with Gasteiger partial charge in [-0.3, -0.25) is 14.4 Å². The number of carbonyl (C=O) groups excluding carboxylic acids is 2. The van der Waals surface area contributed by atoms with Gasteiger partial charge < -0.3 is 20.1 Å². The second-order valence-corrected chi connectivity index (χ2v) is 6.49. The van der Waals surface area contributed by atoms with Crippen molar-refractivity contribution < 1.29 is 24.2 Å². The van der Waals surface area contributed by atoms with E-state index < -0.39 is 11.5 Å². The van der Waals surface area contributed by atoms with Gasteiger partial charge in [0.2, 0.25) is 11.8 Å². The molecule has 0 aromatic heterocycles. The Morgan fingerprint density at radius 3 is 2.57 bits per heavy atom. The molecule has 130 valence electrons. The summed E-state index contributed by atoms with van der Waals surface area (Å²) in [5, 5.41) is 12.0. The molecule has 0 aromatic rings. The summed E-state index contributed by atoms with van der Waals surface area (Å²) in [6.45, 7) is 1.49. The third-order valence-electron chi connectivity index (χ3n) is 4.60. The average Bonchev–Trinajstić information content (AvgIpc) is 2.47.